The van der Waals surface area contributed by atoms with Crippen molar-refractivity contribution in [2.75, 3.05) is 19.0 Å². The summed E-state index contributed by atoms with van der Waals surface area (Å²) >= 11 is 6.27. The summed E-state index contributed by atoms with van der Waals surface area (Å²) in [6.07, 6.45) is 5.71. The Kier molecular flexibility index (Phi) is 7.04. The zero-order valence-electron chi connectivity index (χ0n) is 18.5. The number of amides is 1. The molecule has 4 rings (SSSR count). The molecular formula is C24H25ClN6O2. The van der Waals surface area contributed by atoms with E-state index in [1.165, 1.54) is 0 Å². The number of benzene rings is 1. The monoisotopic (exact) mass is 464 g/mol. The van der Waals surface area contributed by atoms with E-state index in [0.29, 0.717) is 48.1 Å². The van der Waals surface area contributed by atoms with Crippen molar-refractivity contribution < 1.29 is 9.53 Å². The van der Waals surface area contributed by atoms with E-state index >= 15 is 0 Å². The molecule has 33 heavy (non-hydrogen) atoms. The van der Waals surface area contributed by atoms with Gasteiger partial charge in [0.15, 0.2) is 5.65 Å². The van der Waals surface area contributed by atoms with Gasteiger partial charge in [-0.1, -0.05) is 23.7 Å². The predicted molar refractivity (Wildman–Crippen MR) is 129 cm³/mol. The molecule has 3 aromatic heterocycles. The summed E-state index contributed by atoms with van der Waals surface area (Å²) < 4.78 is 7.03. The molecule has 170 valence electrons. The van der Waals surface area contributed by atoms with Crippen LogP contribution in [0.25, 0.3) is 11.0 Å². The van der Waals surface area contributed by atoms with Crippen LogP contribution in [-0.4, -0.2) is 39.3 Å². The number of carbonyl (C=O) groups is 1. The van der Waals surface area contributed by atoms with Crippen molar-refractivity contribution in [1.82, 2.24) is 25.1 Å². The maximum Gasteiger partial charge on any atom is 0.254 e. The van der Waals surface area contributed by atoms with Gasteiger partial charge in [0.2, 0.25) is 0 Å². The number of aryl methyl sites for hydroxylation is 1. The number of fused-ring (bicyclic) bond motifs is 1. The Bertz CT molecular complexity index is 1260. The normalized spacial score (nSPS) is 10.9. The molecule has 0 fully saturated rings. The van der Waals surface area contributed by atoms with Crippen LogP contribution >= 0.6 is 11.6 Å². The molecule has 1 aromatic carbocycles. The SMILES string of the molecule is CCn1ncc2c(NCc3ccc(OC)c(Cl)c3)c(C(=O)NCCc3ccccn3)cnc21. The lowest BCUT2D eigenvalue weighted by Crippen LogP contribution is -2.27. The van der Waals surface area contributed by atoms with E-state index in [9.17, 15) is 4.79 Å². The van der Waals surface area contributed by atoms with E-state index in [1.54, 1.807) is 30.4 Å². The fourth-order valence-electron chi connectivity index (χ4n) is 3.58. The number of nitrogens with one attached hydrogen (secondary N) is 2. The van der Waals surface area contributed by atoms with Crippen molar-refractivity contribution in [2.45, 2.75) is 26.4 Å². The summed E-state index contributed by atoms with van der Waals surface area (Å²) in [6, 6.07) is 11.3. The summed E-state index contributed by atoms with van der Waals surface area (Å²) in [5.41, 5.74) is 3.74. The number of halogens is 1. The lowest BCUT2D eigenvalue weighted by molar-refractivity contribution is 0.0954. The Morgan fingerprint density at radius 1 is 1.18 bits per heavy atom. The molecule has 0 aliphatic rings. The second kappa shape index (κ2) is 10.3. The zero-order valence-corrected chi connectivity index (χ0v) is 19.3. The van der Waals surface area contributed by atoms with Crippen LogP contribution in [0.4, 0.5) is 5.69 Å². The van der Waals surface area contributed by atoms with Crippen molar-refractivity contribution in [3.8, 4) is 5.75 Å². The van der Waals surface area contributed by atoms with Gasteiger partial charge in [0, 0.05) is 44.1 Å². The summed E-state index contributed by atoms with van der Waals surface area (Å²) in [4.78, 5) is 21.8. The van der Waals surface area contributed by atoms with Gasteiger partial charge in [0.1, 0.15) is 5.75 Å². The largest absolute Gasteiger partial charge is 0.495 e. The Hall–Kier alpha value is -3.65. The number of rotatable bonds is 9. The fourth-order valence-corrected chi connectivity index (χ4v) is 3.86. The highest BCUT2D eigenvalue weighted by Gasteiger charge is 2.18. The third kappa shape index (κ3) is 5.06. The standard InChI is InChI=1S/C24H25ClN6O2/c1-3-31-23-18(15-30-31)22(28-13-16-7-8-21(33-2)20(25)12-16)19(14-29-23)24(32)27-11-9-17-6-4-5-10-26-17/h4-8,10,12,14-15H,3,9,11,13H2,1-2H3,(H,27,32)(H,28,29). The Labute approximate surface area is 197 Å². The van der Waals surface area contributed by atoms with Crippen LogP contribution < -0.4 is 15.4 Å². The minimum atomic E-state index is -0.208. The zero-order chi connectivity index (χ0) is 23.2. The molecule has 0 spiro atoms. The van der Waals surface area contributed by atoms with Gasteiger partial charge in [-0.2, -0.15) is 5.10 Å². The number of methoxy groups -OCH3 is 1. The second-order valence-corrected chi connectivity index (χ2v) is 7.80. The van der Waals surface area contributed by atoms with E-state index in [4.69, 9.17) is 16.3 Å². The lowest BCUT2D eigenvalue weighted by atomic mass is 10.1. The van der Waals surface area contributed by atoms with E-state index in [2.05, 4.69) is 25.7 Å². The molecule has 9 heteroatoms. The quantitative estimate of drug-likeness (QED) is 0.387. The molecule has 0 saturated heterocycles. The summed E-state index contributed by atoms with van der Waals surface area (Å²) in [7, 11) is 1.58. The van der Waals surface area contributed by atoms with Gasteiger partial charge in [-0.05, 0) is 36.8 Å². The van der Waals surface area contributed by atoms with Crippen molar-refractivity contribution in [3.63, 3.8) is 0 Å². The smallest absolute Gasteiger partial charge is 0.254 e. The molecular weight excluding hydrogens is 440 g/mol. The van der Waals surface area contributed by atoms with Crippen molar-refractivity contribution >= 4 is 34.2 Å². The second-order valence-electron chi connectivity index (χ2n) is 7.39. The van der Waals surface area contributed by atoms with E-state index in [1.807, 2.05) is 43.3 Å². The Morgan fingerprint density at radius 3 is 2.79 bits per heavy atom. The Morgan fingerprint density at radius 2 is 2.06 bits per heavy atom. The summed E-state index contributed by atoms with van der Waals surface area (Å²) in [5.74, 6) is 0.406. The molecule has 0 saturated carbocycles. The molecule has 0 radical (unpaired) electrons. The molecule has 0 atom stereocenters. The maximum atomic E-state index is 13.0. The number of nitrogens with zero attached hydrogens (tertiary/aromatic N) is 4. The number of hydrogen-bond donors (Lipinski definition) is 2. The van der Waals surface area contributed by atoms with Gasteiger partial charge >= 0.3 is 0 Å². The minimum Gasteiger partial charge on any atom is -0.495 e. The van der Waals surface area contributed by atoms with Crippen molar-refractivity contribution in [3.05, 3.63) is 76.8 Å². The van der Waals surface area contributed by atoms with E-state index in [-0.39, 0.29) is 5.91 Å². The topological polar surface area (TPSA) is 94.0 Å². The molecule has 0 bridgehead atoms. The van der Waals surface area contributed by atoms with Crippen LogP contribution in [0.15, 0.2) is 55.0 Å². The number of ether oxygens (including phenoxy) is 1. The van der Waals surface area contributed by atoms with Crippen LogP contribution in [0.3, 0.4) is 0 Å². The molecule has 0 aliphatic heterocycles. The highest BCUT2D eigenvalue weighted by molar-refractivity contribution is 6.32. The van der Waals surface area contributed by atoms with E-state index in [0.717, 1.165) is 22.3 Å². The minimum absolute atomic E-state index is 0.208. The average molecular weight is 465 g/mol. The van der Waals surface area contributed by atoms with Crippen LogP contribution in [0.2, 0.25) is 5.02 Å². The first-order chi connectivity index (χ1) is 16.1. The average Bonchev–Trinajstić information content (AvgIpc) is 3.26. The van der Waals surface area contributed by atoms with Gasteiger partial charge < -0.3 is 15.4 Å². The highest BCUT2D eigenvalue weighted by atomic mass is 35.5. The van der Waals surface area contributed by atoms with Crippen molar-refractivity contribution in [2.24, 2.45) is 0 Å². The third-order valence-electron chi connectivity index (χ3n) is 5.29. The first-order valence-corrected chi connectivity index (χ1v) is 11.1. The van der Waals surface area contributed by atoms with E-state index < -0.39 is 0 Å². The maximum absolute atomic E-state index is 13.0. The number of hydrogen-bond acceptors (Lipinski definition) is 6. The molecule has 4 aromatic rings. The molecule has 3 heterocycles. The Balaban J connectivity index is 1.57. The van der Waals surface area contributed by atoms with Crippen LogP contribution in [0.1, 0.15) is 28.5 Å². The van der Waals surface area contributed by atoms with Crippen molar-refractivity contribution in [1.29, 1.82) is 0 Å². The fraction of sp³-hybridized carbons (Fsp3) is 0.250. The van der Waals surface area contributed by atoms with Gasteiger partial charge in [-0.3, -0.25) is 9.78 Å². The lowest BCUT2D eigenvalue weighted by Gasteiger charge is -2.14. The third-order valence-corrected chi connectivity index (χ3v) is 5.58. The first kappa shape index (κ1) is 22.5. The summed E-state index contributed by atoms with van der Waals surface area (Å²) in [5, 5.41) is 12.1. The summed E-state index contributed by atoms with van der Waals surface area (Å²) in [6.45, 7) is 3.61. The van der Waals surface area contributed by atoms with Gasteiger partial charge in [-0.25, -0.2) is 9.67 Å². The predicted octanol–water partition coefficient (Wildman–Crippen LogP) is 4.09. The highest BCUT2D eigenvalue weighted by Crippen LogP contribution is 2.28. The number of aromatic nitrogens is 4. The molecule has 8 nitrogen and oxygen atoms in total. The van der Waals surface area contributed by atoms with Crippen LogP contribution in [-0.2, 0) is 19.5 Å². The molecule has 1 amide bonds. The van der Waals surface area contributed by atoms with Gasteiger partial charge in [0.25, 0.3) is 5.91 Å². The molecule has 0 unspecified atom stereocenters. The number of carbonyl (C=O) groups excluding carboxylic acids is 1. The number of anilines is 1. The first-order valence-electron chi connectivity index (χ1n) is 10.7. The number of pyridine rings is 2. The van der Waals surface area contributed by atoms with Crippen LogP contribution in [0.5, 0.6) is 5.75 Å². The molecule has 2 N–H and O–H groups in total. The molecule has 0 aliphatic carbocycles. The van der Waals surface area contributed by atoms with Gasteiger partial charge in [0.05, 0.1) is 35.0 Å². The van der Waals surface area contributed by atoms with Gasteiger partial charge in [-0.15, -0.1) is 0 Å². The van der Waals surface area contributed by atoms with Crippen LogP contribution in [0, 0.1) is 0 Å².